The van der Waals surface area contributed by atoms with E-state index < -0.39 is 0 Å². The van der Waals surface area contributed by atoms with Gasteiger partial charge < -0.3 is 14.7 Å². The van der Waals surface area contributed by atoms with Crippen LogP contribution in [0.25, 0.3) is 0 Å². The first kappa shape index (κ1) is 15.4. The Morgan fingerprint density at radius 1 is 0.958 bits per heavy atom. The summed E-state index contributed by atoms with van der Waals surface area (Å²) in [6.45, 7) is 4.49. The van der Waals surface area contributed by atoms with E-state index in [4.69, 9.17) is 0 Å². The van der Waals surface area contributed by atoms with Crippen LogP contribution < -0.4 is 4.90 Å². The fourth-order valence-corrected chi connectivity index (χ4v) is 3.63. The van der Waals surface area contributed by atoms with Crippen molar-refractivity contribution in [3.8, 4) is 0 Å². The van der Waals surface area contributed by atoms with Crippen LogP contribution in [0.2, 0.25) is 0 Å². The predicted octanol–water partition coefficient (Wildman–Crippen LogP) is 1.38. The minimum absolute atomic E-state index is 0.0449. The maximum Gasteiger partial charge on any atom is 0.257 e. The van der Waals surface area contributed by atoms with E-state index in [1.165, 1.54) is 0 Å². The van der Waals surface area contributed by atoms with Crippen LogP contribution in [0, 0.1) is 5.92 Å². The first-order chi connectivity index (χ1) is 11.7. The van der Waals surface area contributed by atoms with Gasteiger partial charge >= 0.3 is 0 Å². The molecule has 128 valence electrons. The zero-order valence-electron chi connectivity index (χ0n) is 14.0. The lowest BCUT2D eigenvalue weighted by Crippen LogP contribution is -2.51. The van der Waals surface area contributed by atoms with E-state index >= 15 is 0 Å². The Morgan fingerprint density at radius 2 is 1.62 bits per heavy atom. The largest absolute Gasteiger partial charge is 0.356 e. The Balaban J connectivity index is 1.44. The Hall–Kier alpha value is -2.11. The fourth-order valence-electron chi connectivity index (χ4n) is 3.63. The summed E-state index contributed by atoms with van der Waals surface area (Å²) in [6.07, 6.45) is 6.15. The van der Waals surface area contributed by atoms with Gasteiger partial charge in [0, 0.05) is 51.4 Å². The Labute approximate surface area is 142 Å². The van der Waals surface area contributed by atoms with Gasteiger partial charge in [-0.1, -0.05) is 0 Å². The van der Waals surface area contributed by atoms with Gasteiger partial charge in [-0.15, -0.1) is 0 Å². The summed E-state index contributed by atoms with van der Waals surface area (Å²) < 4.78 is 0. The van der Waals surface area contributed by atoms with E-state index in [-0.39, 0.29) is 17.7 Å². The summed E-state index contributed by atoms with van der Waals surface area (Å²) in [7, 11) is 0. The third-order valence-electron chi connectivity index (χ3n) is 5.23. The molecule has 0 N–H and O–H groups in total. The average Bonchev–Trinajstić information content (AvgIpc) is 3.35. The molecule has 1 aromatic rings. The van der Waals surface area contributed by atoms with Crippen molar-refractivity contribution in [2.75, 3.05) is 44.2 Å². The molecule has 6 heteroatoms. The maximum absolute atomic E-state index is 13.0. The van der Waals surface area contributed by atoms with Crippen LogP contribution in [0.5, 0.6) is 0 Å². The van der Waals surface area contributed by atoms with Crippen LogP contribution in [0.15, 0.2) is 18.3 Å². The summed E-state index contributed by atoms with van der Waals surface area (Å²) in [5, 5.41) is 0. The molecule has 0 bridgehead atoms. The second-order valence-corrected chi connectivity index (χ2v) is 6.96. The molecule has 0 radical (unpaired) electrons. The third-order valence-corrected chi connectivity index (χ3v) is 5.23. The normalized spacial score (nSPS) is 21.2. The highest BCUT2D eigenvalue weighted by Gasteiger charge is 2.35. The molecule has 0 spiro atoms. The highest BCUT2D eigenvalue weighted by Crippen LogP contribution is 2.31. The summed E-state index contributed by atoms with van der Waals surface area (Å²) in [4.78, 5) is 35.6. The lowest BCUT2D eigenvalue weighted by Gasteiger charge is -2.35. The van der Waals surface area contributed by atoms with Gasteiger partial charge in [0.05, 0.1) is 5.56 Å². The number of rotatable bonds is 3. The standard InChI is InChI=1S/C18H24N4O2/c23-17(14-5-6-14)21-10-12-22(13-11-21)18(24)15-4-3-7-19-16(15)20-8-1-2-9-20/h3-4,7,14H,1-2,5-6,8-13H2. The average molecular weight is 328 g/mol. The van der Waals surface area contributed by atoms with Gasteiger partial charge in [-0.05, 0) is 37.8 Å². The molecule has 24 heavy (non-hydrogen) atoms. The lowest BCUT2D eigenvalue weighted by atomic mass is 10.2. The summed E-state index contributed by atoms with van der Waals surface area (Å²) in [5.74, 6) is 1.40. The molecule has 3 fully saturated rings. The number of pyridine rings is 1. The van der Waals surface area contributed by atoms with Crippen LogP contribution in [-0.2, 0) is 4.79 Å². The monoisotopic (exact) mass is 328 g/mol. The molecule has 3 aliphatic rings. The first-order valence-corrected chi connectivity index (χ1v) is 9.02. The molecule has 2 aliphatic heterocycles. The molecule has 3 heterocycles. The minimum Gasteiger partial charge on any atom is -0.356 e. The van der Waals surface area contributed by atoms with Gasteiger partial charge in [0.15, 0.2) is 0 Å². The SMILES string of the molecule is O=C(c1cccnc1N1CCCC1)N1CCN(C(=O)C2CC2)CC1. The number of hydrogen-bond acceptors (Lipinski definition) is 4. The van der Waals surface area contributed by atoms with Gasteiger partial charge in [-0.25, -0.2) is 4.98 Å². The molecule has 2 saturated heterocycles. The van der Waals surface area contributed by atoms with Gasteiger partial charge in [0.25, 0.3) is 5.91 Å². The second-order valence-electron chi connectivity index (χ2n) is 6.96. The van der Waals surface area contributed by atoms with E-state index in [2.05, 4.69) is 9.88 Å². The summed E-state index contributed by atoms with van der Waals surface area (Å²) >= 11 is 0. The second kappa shape index (κ2) is 6.42. The third kappa shape index (κ3) is 2.97. The van der Waals surface area contributed by atoms with Gasteiger partial charge in [0.1, 0.15) is 5.82 Å². The highest BCUT2D eigenvalue weighted by molar-refractivity contribution is 5.99. The van der Waals surface area contributed by atoms with Crippen LogP contribution in [-0.4, -0.2) is 65.9 Å². The van der Waals surface area contributed by atoms with E-state index in [9.17, 15) is 9.59 Å². The number of carbonyl (C=O) groups is 2. The molecular weight excluding hydrogens is 304 g/mol. The predicted molar refractivity (Wildman–Crippen MR) is 90.9 cm³/mol. The van der Waals surface area contributed by atoms with Crippen molar-refractivity contribution in [1.82, 2.24) is 14.8 Å². The molecule has 2 amide bonds. The van der Waals surface area contributed by atoms with Crippen molar-refractivity contribution >= 4 is 17.6 Å². The molecular formula is C18H24N4O2. The Bertz CT molecular complexity index is 630. The topological polar surface area (TPSA) is 56.8 Å². The number of piperazine rings is 1. The molecule has 6 nitrogen and oxygen atoms in total. The number of anilines is 1. The van der Waals surface area contributed by atoms with Crippen molar-refractivity contribution in [1.29, 1.82) is 0 Å². The number of aromatic nitrogens is 1. The quantitative estimate of drug-likeness (QED) is 0.841. The molecule has 4 rings (SSSR count). The fraction of sp³-hybridized carbons (Fsp3) is 0.611. The number of nitrogens with zero attached hydrogens (tertiary/aromatic N) is 4. The van der Waals surface area contributed by atoms with Crippen LogP contribution in [0.3, 0.4) is 0 Å². The number of carbonyl (C=O) groups excluding carboxylic acids is 2. The zero-order chi connectivity index (χ0) is 16.5. The summed E-state index contributed by atoms with van der Waals surface area (Å²) in [6, 6.07) is 3.71. The Morgan fingerprint density at radius 3 is 2.29 bits per heavy atom. The maximum atomic E-state index is 13.0. The van der Waals surface area contributed by atoms with Crippen LogP contribution in [0.1, 0.15) is 36.0 Å². The minimum atomic E-state index is 0.0449. The van der Waals surface area contributed by atoms with Crippen molar-refractivity contribution in [3.05, 3.63) is 23.9 Å². The number of hydrogen-bond donors (Lipinski definition) is 0. The van der Waals surface area contributed by atoms with Gasteiger partial charge in [0.2, 0.25) is 5.91 Å². The molecule has 1 saturated carbocycles. The molecule has 0 unspecified atom stereocenters. The van der Waals surface area contributed by atoms with E-state index in [0.717, 1.165) is 44.6 Å². The van der Waals surface area contributed by atoms with E-state index in [1.807, 2.05) is 21.9 Å². The first-order valence-electron chi connectivity index (χ1n) is 9.02. The smallest absolute Gasteiger partial charge is 0.257 e. The van der Waals surface area contributed by atoms with Crippen molar-refractivity contribution in [2.45, 2.75) is 25.7 Å². The van der Waals surface area contributed by atoms with E-state index in [1.54, 1.807) is 6.20 Å². The zero-order valence-corrected chi connectivity index (χ0v) is 14.0. The lowest BCUT2D eigenvalue weighted by molar-refractivity contribution is -0.134. The highest BCUT2D eigenvalue weighted by atomic mass is 16.2. The van der Waals surface area contributed by atoms with Crippen LogP contribution >= 0.6 is 0 Å². The number of amides is 2. The van der Waals surface area contributed by atoms with Crippen molar-refractivity contribution in [3.63, 3.8) is 0 Å². The molecule has 0 atom stereocenters. The van der Waals surface area contributed by atoms with Crippen LogP contribution in [0.4, 0.5) is 5.82 Å². The van der Waals surface area contributed by atoms with E-state index in [0.29, 0.717) is 31.7 Å². The van der Waals surface area contributed by atoms with Gasteiger partial charge in [-0.2, -0.15) is 0 Å². The Kier molecular flexibility index (Phi) is 4.12. The summed E-state index contributed by atoms with van der Waals surface area (Å²) in [5.41, 5.74) is 0.696. The molecule has 1 aromatic heterocycles. The van der Waals surface area contributed by atoms with Gasteiger partial charge in [-0.3, -0.25) is 9.59 Å². The molecule has 1 aliphatic carbocycles. The van der Waals surface area contributed by atoms with Crippen molar-refractivity contribution in [2.24, 2.45) is 5.92 Å². The molecule has 0 aromatic carbocycles. The van der Waals surface area contributed by atoms with Crippen molar-refractivity contribution < 1.29 is 9.59 Å².